The molecule has 4 rings (SSSR count). The monoisotopic (exact) mass is 478 g/mol. The highest BCUT2D eigenvalue weighted by Gasteiger charge is 2.39. The van der Waals surface area contributed by atoms with E-state index in [1.165, 1.54) is 34.6 Å². The number of amides is 1. The quantitative estimate of drug-likeness (QED) is 0.462. The van der Waals surface area contributed by atoms with Gasteiger partial charge in [0.25, 0.3) is 0 Å². The molecule has 1 aliphatic carbocycles. The summed E-state index contributed by atoms with van der Waals surface area (Å²) in [6.45, 7) is 2.69. The second-order valence-corrected chi connectivity index (χ2v) is 11.0. The van der Waals surface area contributed by atoms with Gasteiger partial charge in [-0.25, -0.2) is 0 Å². The van der Waals surface area contributed by atoms with Gasteiger partial charge in [-0.1, -0.05) is 61.4 Å². The molecule has 1 N–H and O–H groups in total. The van der Waals surface area contributed by atoms with E-state index in [0.717, 1.165) is 32.2 Å². The fraction of sp³-hybridized carbons (Fsp3) is 0.517. The standard InChI is InChI=1S/C29H38N2O2S/c1-21(30-2)28(32)20-26(22-11-5-3-6-12-22)29(33)31-18-10-17-27(31)23-13-9-16-25(19-23)34-24-14-7-4-8-15-24/h4,7-9,13-16,19,21-22,26-27,30H,3,5-6,10-12,17-18,20H2,1-2H3/t21-,26-,27-/m0/s1. The van der Waals surface area contributed by atoms with Crippen molar-refractivity contribution in [2.24, 2.45) is 11.8 Å². The summed E-state index contributed by atoms with van der Waals surface area (Å²) in [6.07, 6.45) is 8.10. The van der Waals surface area contributed by atoms with Crippen molar-refractivity contribution in [3.8, 4) is 0 Å². The van der Waals surface area contributed by atoms with E-state index >= 15 is 0 Å². The third-order valence-corrected chi connectivity index (χ3v) is 8.63. The summed E-state index contributed by atoms with van der Waals surface area (Å²) in [5.41, 5.74) is 1.21. The van der Waals surface area contributed by atoms with Gasteiger partial charge >= 0.3 is 0 Å². The zero-order valence-electron chi connectivity index (χ0n) is 20.5. The number of likely N-dealkylation sites (N-methyl/N-ethyl adjacent to an activating group) is 1. The van der Waals surface area contributed by atoms with Gasteiger partial charge in [-0.05, 0) is 75.4 Å². The SMILES string of the molecule is CN[C@@H](C)C(=O)C[C@H](C(=O)N1CCC[C@H]1c1cccc(Sc2ccccc2)c1)C1CCCCC1. The molecule has 0 bridgehead atoms. The Balaban J connectivity index is 1.53. The molecule has 2 aliphatic rings. The second-order valence-electron chi connectivity index (χ2n) is 9.86. The van der Waals surface area contributed by atoms with E-state index in [-0.39, 0.29) is 29.7 Å². The van der Waals surface area contributed by atoms with Crippen LogP contribution < -0.4 is 5.32 Å². The van der Waals surface area contributed by atoms with Crippen LogP contribution in [0.15, 0.2) is 64.4 Å². The van der Waals surface area contributed by atoms with Gasteiger partial charge in [0.15, 0.2) is 0 Å². The van der Waals surface area contributed by atoms with Crippen LogP contribution in [-0.2, 0) is 9.59 Å². The molecule has 2 aromatic carbocycles. The number of ketones is 1. The van der Waals surface area contributed by atoms with Gasteiger partial charge in [-0.2, -0.15) is 0 Å². The third-order valence-electron chi connectivity index (χ3n) is 7.63. The first-order chi connectivity index (χ1) is 16.6. The number of hydrogen-bond donors (Lipinski definition) is 1. The summed E-state index contributed by atoms with van der Waals surface area (Å²) in [7, 11) is 1.82. The molecule has 1 amide bonds. The molecule has 34 heavy (non-hydrogen) atoms. The third kappa shape index (κ3) is 6.11. The Hall–Kier alpha value is -2.11. The number of carbonyl (C=O) groups is 2. The zero-order valence-corrected chi connectivity index (χ0v) is 21.4. The average molecular weight is 479 g/mol. The molecule has 0 aromatic heterocycles. The number of rotatable bonds is 9. The lowest BCUT2D eigenvalue weighted by Gasteiger charge is -2.35. The minimum atomic E-state index is -0.208. The van der Waals surface area contributed by atoms with E-state index in [1.807, 2.05) is 20.0 Å². The predicted molar refractivity (Wildman–Crippen MR) is 139 cm³/mol. The molecular formula is C29H38N2O2S. The van der Waals surface area contributed by atoms with E-state index in [0.29, 0.717) is 12.3 Å². The maximum Gasteiger partial charge on any atom is 0.226 e. The van der Waals surface area contributed by atoms with E-state index in [9.17, 15) is 9.59 Å². The predicted octanol–water partition coefficient (Wildman–Crippen LogP) is 6.26. The minimum absolute atomic E-state index is 0.103. The van der Waals surface area contributed by atoms with Gasteiger partial charge in [0.2, 0.25) is 5.91 Å². The maximum absolute atomic E-state index is 14.0. The molecule has 5 heteroatoms. The van der Waals surface area contributed by atoms with Crippen molar-refractivity contribution in [3.63, 3.8) is 0 Å². The first-order valence-electron chi connectivity index (χ1n) is 12.9. The van der Waals surface area contributed by atoms with E-state index in [4.69, 9.17) is 0 Å². The molecular weight excluding hydrogens is 440 g/mol. The Morgan fingerprint density at radius 3 is 2.44 bits per heavy atom. The molecule has 1 heterocycles. The molecule has 2 fully saturated rings. The second kappa shape index (κ2) is 12.0. The summed E-state index contributed by atoms with van der Waals surface area (Å²) in [6, 6.07) is 19.0. The topological polar surface area (TPSA) is 49.4 Å². The molecule has 1 saturated heterocycles. The molecule has 1 aliphatic heterocycles. The van der Waals surface area contributed by atoms with Crippen molar-refractivity contribution < 1.29 is 9.59 Å². The summed E-state index contributed by atoms with van der Waals surface area (Å²) in [5, 5.41) is 3.07. The molecule has 2 aromatic rings. The zero-order chi connectivity index (χ0) is 23.9. The van der Waals surface area contributed by atoms with Crippen molar-refractivity contribution in [1.82, 2.24) is 10.2 Å². The Bertz CT molecular complexity index is 958. The van der Waals surface area contributed by atoms with Gasteiger partial charge in [0.05, 0.1) is 12.1 Å². The smallest absolute Gasteiger partial charge is 0.226 e. The fourth-order valence-electron chi connectivity index (χ4n) is 5.55. The lowest BCUT2D eigenvalue weighted by Crippen LogP contribution is -2.42. The summed E-state index contributed by atoms with van der Waals surface area (Å²) >= 11 is 1.76. The molecule has 4 nitrogen and oxygen atoms in total. The first-order valence-corrected chi connectivity index (χ1v) is 13.7. The minimum Gasteiger partial charge on any atom is -0.335 e. The highest BCUT2D eigenvalue weighted by atomic mass is 32.2. The van der Waals surface area contributed by atoms with Crippen LogP contribution in [0.1, 0.15) is 69.9 Å². The molecule has 0 radical (unpaired) electrons. The van der Waals surface area contributed by atoms with Gasteiger partial charge < -0.3 is 10.2 Å². The lowest BCUT2D eigenvalue weighted by atomic mass is 9.76. The van der Waals surface area contributed by atoms with Crippen LogP contribution in [0, 0.1) is 11.8 Å². The van der Waals surface area contributed by atoms with Crippen LogP contribution >= 0.6 is 11.8 Å². The summed E-state index contributed by atoms with van der Waals surface area (Å²) < 4.78 is 0. The van der Waals surface area contributed by atoms with Crippen LogP contribution in [0.5, 0.6) is 0 Å². The highest BCUT2D eigenvalue weighted by Crippen LogP contribution is 2.39. The van der Waals surface area contributed by atoms with Crippen LogP contribution in [0.25, 0.3) is 0 Å². The van der Waals surface area contributed by atoms with E-state index in [1.54, 1.807) is 11.8 Å². The Labute approximate surface area is 208 Å². The van der Waals surface area contributed by atoms with E-state index < -0.39 is 0 Å². The number of Topliss-reactive ketones (excluding diaryl/α,β-unsaturated/α-hetero) is 1. The van der Waals surface area contributed by atoms with E-state index in [2.05, 4.69) is 58.7 Å². The normalized spacial score (nSPS) is 20.8. The number of carbonyl (C=O) groups excluding carboxylic acids is 2. The van der Waals surface area contributed by atoms with Crippen molar-refractivity contribution in [2.75, 3.05) is 13.6 Å². The lowest BCUT2D eigenvalue weighted by molar-refractivity contribution is -0.141. The molecule has 1 saturated carbocycles. The Morgan fingerprint density at radius 2 is 1.71 bits per heavy atom. The van der Waals surface area contributed by atoms with Crippen molar-refractivity contribution >= 4 is 23.5 Å². The molecule has 0 unspecified atom stereocenters. The van der Waals surface area contributed by atoms with Gasteiger partial charge in [0, 0.05) is 28.7 Å². The molecule has 182 valence electrons. The Kier molecular flexibility index (Phi) is 8.85. The highest BCUT2D eigenvalue weighted by molar-refractivity contribution is 7.99. The van der Waals surface area contributed by atoms with Crippen LogP contribution in [-0.4, -0.2) is 36.2 Å². The van der Waals surface area contributed by atoms with Crippen LogP contribution in [0.4, 0.5) is 0 Å². The van der Waals surface area contributed by atoms with Gasteiger partial charge in [-0.15, -0.1) is 0 Å². The first kappa shape index (κ1) is 25.0. The Morgan fingerprint density at radius 1 is 0.971 bits per heavy atom. The maximum atomic E-state index is 14.0. The number of nitrogens with one attached hydrogen (secondary N) is 1. The molecule has 3 atom stereocenters. The van der Waals surface area contributed by atoms with Crippen molar-refractivity contribution in [1.29, 1.82) is 0 Å². The number of likely N-dealkylation sites (tertiary alicyclic amines) is 1. The van der Waals surface area contributed by atoms with Crippen LogP contribution in [0.3, 0.4) is 0 Å². The van der Waals surface area contributed by atoms with Crippen molar-refractivity contribution in [2.45, 2.75) is 80.2 Å². The van der Waals surface area contributed by atoms with Crippen molar-refractivity contribution in [3.05, 3.63) is 60.2 Å². The number of nitrogens with zero attached hydrogens (tertiary/aromatic N) is 1. The fourth-order valence-corrected chi connectivity index (χ4v) is 6.45. The molecule has 0 spiro atoms. The average Bonchev–Trinajstić information content (AvgIpc) is 3.38. The van der Waals surface area contributed by atoms with Gasteiger partial charge in [0.1, 0.15) is 5.78 Å². The summed E-state index contributed by atoms with van der Waals surface area (Å²) in [5.74, 6) is 0.497. The van der Waals surface area contributed by atoms with Gasteiger partial charge in [-0.3, -0.25) is 9.59 Å². The summed E-state index contributed by atoms with van der Waals surface area (Å²) in [4.78, 5) is 31.4. The number of hydrogen-bond acceptors (Lipinski definition) is 4. The van der Waals surface area contributed by atoms with Crippen LogP contribution in [0.2, 0.25) is 0 Å². The number of benzene rings is 2. The largest absolute Gasteiger partial charge is 0.335 e.